The average Bonchev–Trinajstić information content (AvgIpc) is 2.48. The average molecular weight is 286 g/mol. The summed E-state index contributed by atoms with van der Waals surface area (Å²) in [6.45, 7) is 1.56. The highest BCUT2D eigenvalue weighted by Crippen LogP contribution is 2.33. The van der Waals surface area contributed by atoms with Gasteiger partial charge >= 0.3 is 0 Å². The summed E-state index contributed by atoms with van der Waals surface area (Å²) in [5.74, 6) is 0.955. The van der Waals surface area contributed by atoms with E-state index in [1.54, 1.807) is 0 Å². The van der Waals surface area contributed by atoms with Gasteiger partial charge in [0, 0.05) is 22.6 Å². The van der Waals surface area contributed by atoms with Crippen molar-refractivity contribution < 1.29 is 9.84 Å². The van der Waals surface area contributed by atoms with Crippen molar-refractivity contribution in [1.29, 1.82) is 0 Å². The smallest absolute Gasteiger partial charge is 0.124 e. The van der Waals surface area contributed by atoms with Gasteiger partial charge in [0.1, 0.15) is 5.75 Å². The molecule has 16 heavy (non-hydrogen) atoms. The minimum Gasteiger partial charge on any atom is -0.493 e. The summed E-state index contributed by atoms with van der Waals surface area (Å²) in [6.07, 6.45) is 2.08. The molecule has 1 aliphatic rings. The minimum absolute atomic E-state index is 0.167. The van der Waals surface area contributed by atoms with Crippen LogP contribution in [0.2, 0.25) is 0 Å². The van der Waals surface area contributed by atoms with Crippen LogP contribution in [0.15, 0.2) is 22.7 Å². The summed E-state index contributed by atoms with van der Waals surface area (Å²) in [5.41, 5.74) is 1.18. The van der Waals surface area contributed by atoms with Crippen LogP contribution in [0.1, 0.15) is 24.4 Å². The number of rotatable bonds is 3. The van der Waals surface area contributed by atoms with Gasteiger partial charge < -0.3 is 15.2 Å². The third kappa shape index (κ3) is 2.75. The molecule has 0 aromatic heterocycles. The number of aliphatic hydroxyl groups is 1. The van der Waals surface area contributed by atoms with Gasteiger partial charge in [0.05, 0.1) is 13.2 Å². The van der Waals surface area contributed by atoms with E-state index in [0.717, 1.165) is 29.7 Å². The maximum atomic E-state index is 8.87. The van der Waals surface area contributed by atoms with Gasteiger partial charge in [-0.05, 0) is 31.0 Å². The Labute approximate surface area is 104 Å². The second kappa shape index (κ2) is 5.66. The summed E-state index contributed by atoms with van der Waals surface area (Å²) < 4.78 is 6.75. The summed E-state index contributed by atoms with van der Waals surface area (Å²) in [5, 5.41) is 12.2. The van der Waals surface area contributed by atoms with Gasteiger partial charge in [-0.25, -0.2) is 0 Å². The molecule has 4 heteroatoms. The Bertz CT molecular complexity index is 357. The molecule has 0 bridgehead atoms. The third-order valence-electron chi connectivity index (χ3n) is 2.74. The quantitative estimate of drug-likeness (QED) is 0.895. The maximum Gasteiger partial charge on any atom is 0.124 e. The lowest BCUT2D eigenvalue weighted by atomic mass is 10.0. The zero-order chi connectivity index (χ0) is 11.4. The molecule has 1 aromatic carbocycles. The zero-order valence-corrected chi connectivity index (χ0v) is 10.7. The predicted octanol–water partition coefficient (Wildman–Crippen LogP) is 2.24. The second-order valence-corrected chi connectivity index (χ2v) is 4.82. The van der Waals surface area contributed by atoms with Gasteiger partial charge in [0.2, 0.25) is 0 Å². The van der Waals surface area contributed by atoms with Crippen LogP contribution in [0.4, 0.5) is 0 Å². The molecule has 0 saturated carbocycles. The van der Waals surface area contributed by atoms with E-state index in [1.807, 2.05) is 12.1 Å². The molecule has 0 amide bonds. The molecule has 0 aliphatic carbocycles. The van der Waals surface area contributed by atoms with Crippen LogP contribution in [-0.2, 0) is 0 Å². The molecule has 0 spiro atoms. The van der Waals surface area contributed by atoms with Crippen molar-refractivity contribution >= 4 is 15.9 Å². The second-order valence-electron chi connectivity index (χ2n) is 3.90. The zero-order valence-electron chi connectivity index (χ0n) is 9.08. The van der Waals surface area contributed by atoms with Crippen molar-refractivity contribution in [1.82, 2.24) is 5.32 Å². The number of nitrogens with one attached hydrogen (secondary N) is 1. The Morgan fingerprint density at radius 3 is 3.19 bits per heavy atom. The van der Waals surface area contributed by atoms with E-state index in [2.05, 4.69) is 27.3 Å². The van der Waals surface area contributed by atoms with Gasteiger partial charge in [-0.2, -0.15) is 0 Å². The number of hydrogen-bond acceptors (Lipinski definition) is 3. The maximum absolute atomic E-state index is 8.87. The van der Waals surface area contributed by atoms with Gasteiger partial charge in [-0.15, -0.1) is 0 Å². The molecular weight excluding hydrogens is 270 g/mol. The Kier molecular flexibility index (Phi) is 4.21. The molecule has 0 saturated heterocycles. The molecular formula is C12H16BrNO2. The first-order chi connectivity index (χ1) is 7.81. The Morgan fingerprint density at radius 1 is 1.50 bits per heavy atom. The highest BCUT2D eigenvalue weighted by molar-refractivity contribution is 9.10. The van der Waals surface area contributed by atoms with E-state index in [9.17, 15) is 0 Å². The van der Waals surface area contributed by atoms with Gasteiger partial charge in [0.25, 0.3) is 0 Å². The molecule has 0 fully saturated rings. The minimum atomic E-state index is 0.167. The lowest BCUT2D eigenvalue weighted by Gasteiger charge is -2.18. The molecule has 1 aliphatic heterocycles. The molecule has 2 rings (SSSR count). The molecule has 2 N–H and O–H groups in total. The fourth-order valence-electron chi connectivity index (χ4n) is 2.00. The number of aliphatic hydroxyl groups excluding tert-OH is 1. The van der Waals surface area contributed by atoms with Gasteiger partial charge in [-0.3, -0.25) is 0 Å². The number of fused-ring (bicyclic) bond motifs is 1. The summed E-state index contributed by atoms with van der Waals surface area (Å²) in [7, 11) is 0. The lowest BCUT2D eigenvalue weighted by molar-refractivity contribution is 0.281. The van der Waals surface area contributed by atoms with E-state index in [-0.39, 0.29) is 12.6 Å². The van der Waals surface area contributed by atoms with Crippen LogP contribution >= 0.6 is 15.9 Å². The largest absolute Gasteiger partial charge is 0.493 e. The van der Waals surface area contributed by atoms with E-state index in [0.29, 0.717) is 6.54 Å². The SMILES string of the molecule is OCCNC1CCCOc2ccc(Br)cc21. The summed E-state index contributed by atoms with van der Waals surface area (Å²) in [6, 6.07) is 6.36. The highest BCUT2D eigenvalue weighted by atomic mass is 79.9. The number of hydrogen-bond donors (Lipinski definition) is 2. The van der Waals surface area contributed by atoms with Crippen molar-refractivity contribution in [2.24, 2.45) is 0 Å². The van der Waals surface area contributed by atoms with Crippen LogP contribution in [0.5, 0.6) is 5.75 Å². The number of benzene rings is 1. The molecule has 3 nitrogen and oxygen atoms in total. The van der Waals surface area contributed by atoms with Crippen molar-refractivity contribution in [2.75, 3.05) is 19.8 Å². The Hall–Kier alpha value is -0.580. The third-order valence-corrected chi connectivity index (χ3v) is 3.24. The van der Waals surface area contributed by atoms with Crippen LogP contribution in [0, 0.1) is 0 Å². The van der Waals surface area contributed by atoms with Crippen molar-refractivity contribution in [2.45, 2.75) is 18.9 Å². The van der Waals surface area contributed by atoms with Crippen LogP contribution < -0.4 is 10.1 Å². The molecule has 88 valence electrons. The summed E-state index contributed by atoms with van der Waals surface area (Å²) in [4.78, 5) is 0. The van der Waals surface area contributed by atoms with Gasteiger partial charge in [-0.1, -0.05) is 15.9 Å². The molecule has 0 radical (unpaired) electrons. The number of halogens is 1. The molecule has 1 atom stereocenters. The van der Waals surface area contributed by atoms with Crippen molar-refractivity contribution in [3.05, 3.63) is 28.2 Å². The predicted molar refractivity (Wildman–Crippen MR) is 66.7 cm³/mol. The van der Waals surface area contributed by atoms with E-state index in [4.69, 9.17) is 9.84 Å². The lowest BCUT2D eigenvalue weighted by Crippen LogP contribution is -2.24. The monoisotopic (exact) mass is 285 g/mol. The standard InChI is InChI=1S/C12H16BrNO2/c13-9-3-4-12-10(8-9)11(14-5-6-15)2-1-7-16-12/h3-4,8,11,14-15H,1-2,5-7H2. The fourth-order valence-corrected chi connectivity index (χ4v) is 2.38. The van der Waals surface area contributed by atoms with Crippen molar-refractivity contribution in [3.8, 4) is 5.75 Å². The molecule has 1 unspecified atom stereocenters. The first kappa shape index (κ1) is 11.9. The first-order valence-corrected chi connectivity index (χ1v) is 6.37. The topological polar surface area (TPSA) is 41.5 Å². The van der Waals surface area contributed by atoms with E-state index < -0.39 is 0 Å². The fraction of sp³-hybridized carbons (Fsp3) is 0.500. The van der Waals surface area contributed by atoms with Crippen LogP contribution in [-0.4, -0.2) is 24.9 Å². The van der Waals surface area contributed by atoms with Crippen molar-refractivity contribution in [3.63, 3.8) is 0 Å². The van der Waals surface area contributed by atoms with Gasteiger partial charge in [0.15, 0.2) is 0 Å². The summed E-state index contributed by atoms with van der Waals surface area (Å²) >= 11 is 3.48. The van der Waals surface area contributed by atoms with E-state index in [1.165, 1.54) is 5.56 Å². The van der Waals surface area contributed by atoms with E-state index >= 15 is 0 Å². The number of ether oxygens (including phenoxy) is 1. The Morgan fingerprint density at radius 2 is 2.38 bits per heavy atom. The van der Waals surface area contributed by atoms with Crippen LogP contribution in [0.25, 0.3) is 0 Å². The Balaban J connectivity index is 2.24. The first-order valence-electron chi connectivity index (χ1n) is 5.58. The molecule has 1 aromatic rings. The highest BCUT2D eigenvalue weighted by Gasteiger charge is 2.19. The normalized spacial score (nSPS) is 19.8. The van der Waals surface area contributed by atoms with Crippen LogP contribution in [0.3, 0.4) is 0 Å². The molecule has 1 heterocycles.